The van der Waals surface area contributed by atoms with Crippen LogP contribution in [0.2, 0.25) is 0 Å². The van der Waals surface area contributed by atoms with E-state index >= 15 is 0 Å². The molecule has 0 heterocycles. The van der Waals surface area contributed by atoms with Gasteiger partial charge in [0.1, 0.15) is 11.4 Å². The fourth-order valence-electron chi connectivity index (χ4n) is 2.01. The van der Waals surface area contributed by atoms with E-state index in [2.05, 4.69) is 5.32 Å². The Hall–Kier alpha value is -2.84. The molecule has 0 radical (unpaired) electrons. The normalized spacial score (nSPS) is 10.8. The number of urea groups is 1. The summed E-state index contributed by atoms with van der Waals surface area (Å²) < 4.78 is 71.6. The molecule has 0 aliphatic heterocycles. The number of anilines is 1. The summed E-state index contributed by atoms with van der Waals surface area (Å²) in [5.41, 5.74) is -0.784. The van der Waals surface area contributed by atoms with E-state index in [1.807, 2.05) is 13.8 Å². The molecule has 2 amide bonds. The third kappa shape index (κ3) is 4.41. The highest BCUT2D eigenvalue weighted by Gasteiger charge is 2.26. The van der Waals surface area contributed by atoms with Gasteiger partial charge in [0.2, 0.25) is 5.82 Å². The van der Waals surface area contributed by atoms with Crippen molar-refractivity contribution in [3.63, 3.8) is 0 Å². The zero-order valence-corrected chi connectivity index (χ0v) is 13.8. The molecule has 2 N–H and O–H groups in total. The fraction of sp³-hybridized carbons (Fsp3) is 0.235. The highest BCUT2D eigenvalue weighted by Crippen LogP contribution is 2.27. The SMILES string of the molecule is CC(C)Oc1ccc(CNC(=O)Nc2c(F)c(F)c(F)c(F)c2F)cc1. The number of rotatable bonds is 5. The van der Waals surface area contributed by atoms with Crippen molar-refractivity contribution in [2.75, 3.05) is 5.32 Å². The lowest BCUT2D eigenvalue weighted by Gasteiger charge is -2.12. The third-order valence-corrected chi connectivity index (χ3v) is 3.20. The topological polar surface area (TPSA) is 50.4 Å². The van der Waals surface area contributed by atoms with E-state index in [1.54, 1.807) is 29.6 Å². The van der Waals surface area contributed by atoms with Crippen molar-refractivity contribution >= 4 is 11.7 Å². The van der Waals surface area contributed by atoms with Gasteiger partial charge in [-0.25, -0.2) is 26.7 Å². The van der Waals surface area contributed by atoms with Gasteiger partial charge < -0.3 is 15.4 Å². The van der Waals surface area contributed by atoms with Crippen LogP contribution in [0.25, 0.3) is 0 Å². The molecule has 0 bridgehead atoms. The van der Waals surface area contributed by atoms with Crippen molar-refractivity contribution in [3.05, 3.63) is 58.9 Å². The van der Waals surface area contributed by atoms with E-state index in [0.717, 1.165) is 0 Å². The van der Waals surface area contributed by atoms with Crippen LogP contribution in [-0.2, 0) is 6.54 Å². The summed E-state index contributed by atoms with van der Waals surface area (Å²) >= 11 is 0. The first-order valence-electron chi connectivity index (χ1n) is 7.52. The maximum absolute atomic E-state index is 13.5. The Bertz CT molecular complexity index is 781. The van der Waals surface area contributed by atoms with Crippen LogP contribution in [-0.4, -0.2) is 12.1 Å². The zero-order chi connectivity index (χ0) is 19.4. The molecular weight excluding hydrogens is 359 g/mol. The lowest BCUT2D eigenvalue weighted by Crippen LogP contribution is -2.29. The van der Waals surface area contributed by atoms with Gasteiger partial charge in [0.05, 0.1) is 6.10 Å². The van der Waals surface area contributed by atoms with Gasteiger partial charge in [0.25, 0.3) is 0 Å². The molecular formula is C17H15F5N2O2. The van der Waals surface area contributed by atoms with Crippen LogP contribution in [0.1, 0.15) is 19.4 Å². The smallest absolute Gasteiger partial charge is 0.319 e. The van der Waals surface area contributed by atoms with Gasteiger partial charge in [-0.2, -0.15) is 0 Å². The predicted molar refractivity (Wildman–Crippen MR) is 84.3 cm³/mol. The second-order valence-corrected chi connectivity index (χ2v) is 5.56. The first kappa shape index (κ1) is 19.5. The maximum Gasteiger partial charge on any atom is 0.319 e. The lowest BCUT2D eigenvalue weighted by molar-refractivity contribution is 0.242. The first-order chi connectivity index (χ1) is 12.2. The number of amides is 2. The Labute approximate surface area is 146 Å². The molecule has 0 saturated heterocycles. The van der Waals surface area contributed by atoms with Gasteiger partial charge in [-0.1, -0.05) is 12.1 Å². The monoisotopic (exact) mass is 374 g/mol. The summed E-state index contributed by atoms with van der Waals surface area (Å²) in [5.74, 6) is -10.2. The van der Waals surface area contributed by atoms with Crippen LogP contribution in [0, 0.1) is 29.1 Å². The van der Waals surface area contributed by atoms with Crippen LogP contribution < -0.4 is 15.4 Å². The molecule has 0 atom stereocenters. The first-order valence-corrected chi connectivity index (χ1v) is 7.52. The Morgan fingerprint density at radius 2 is 1.42 bits per heavy atom. The largest absolute Gasteiger partial charge is 0.491 e. The van der Waals surface area contributed by atoms with Crippen LogP contribution in [0.4, 0.5) is 32.4 Å². The molecule has 4 nitrogen and oxygen atoms in total. The minimum absolute atomic E-state index is 0.00829. The lowest BCUT2D eigenvalue weighted by atomic mass is 10.2. The molecule has 0 aliphatic rings. The summed E-state index contributed by atoms with van der Waals surface area (Å²) in [4.78, 5) is 11.7. The minimum atomic E-state index is -2.30. The summed E-state index contributed by atoms with van der Waals surface area (Å²) in [6.45, 7) is 3.68. The molecule has 9 heteroatoms. The molecule has 2 aromatic carbocycles. The summed E-state index contributed by atoms with van der Waals surface area (Å²) in [6.07, 6.45) is -0.00829. The standard InChI is InChI=1S/C17H15F5N2O2/c1-8(2)26-10-5-3-9(4-6-10)7-23-17(25)24-16-14(21)12(19)11(18)13(20)15(16)22/h3-6,8H,7H2,1-2H3,(H2,23,24,25). The minimum Gasteiger partial charge on any atom is -0.491 e. The summed E-state index contributed by atoms with van der Waals surface area (Å²) in [5, 5.41) is 3.88. The van der Waals surface area contributed by atoms with Gasteiger partial charge in [-0.05, 0) is 31.5 Å². The highest BCUT2D eigenvalue weighted by molar-refractivity contribution is 5.89. The highest BCUT2D eigenvalue weighted by atomic mass is 19.2. The van der Waals surface area contributed by atoms with Crippen LogP contribution >= 0.6 is 0 Å². The molecule has 2 rings (SSSR count). The molecule has 0 fully saturated rings. The van der Waals surface area contributed by atoms with E-state index < -0.39 is 40.8 Å². The van der Waals surface area contributed by atoms with Gasteiger partial charge >= 0.3 is 6.03 Å². The zero-order valence-electron chi connectivity index (χ0n) is 13.8. The molecule has 2 aromatic rings. The number of benzene rings is 2. The number of hydrogen-bond acceptors (Lipinski definition) is 2. The van der Waals surface area contributed by atoms with Crippen molar-refractivity contribution in [1.29, 1.82) is 0 Å². The van der Waals surface area contributed by atoms with E-state index in [-0.39, 0.29) is 12.6 Å². The Kier molecular flexibility index (Phi) is 6.01. The molecule has 0 spiro atoms. The molecule has 26 heavy (non-hydrogen) atoms. The number of ether oxygens (including phenoxy) is 1. The van der Waals surface area contributed by atoms with Crippen molar-refractivity contribution in [2.45, 2.75) is 26.5 Å². The van der Waals surface area contributed by atoms with E-state index in [9.17, 15) is 26.7 Å². The van der Waals surface area contributed by atoms with Gasteiger partial charge in [0.15, 0.2) is 23.3 Å². The molecule has 0 aliphatic carbocycles. The van der Waals surface area contributed by atoms with Crippen LogP contribution in [0.5, 0.6) is 5.75 Å². The van der Waals surface area contributed by atoms with Crippen molar-refractivity contribution in [1.82, 2.24) is 5.32 Å². The van der Waals surface area contributed by atoms with Crippen molar-refractivity contribution in [3.8, 4) is 5.75 Å². The van der Waals surface area contributed by atoms with Crippen LogP contribution in [0.3, 0.4) is 0 Å². The average Bonchev–Trinajstić information content (AvgIpc) is 2.61. The van der Waals surface area contributed by atoms with Crippen LogP contribution in [0.15, 0.2) is 24.3 Å². The average molecular weight is 374 g/mol. The van der Waals surface area contributed by atoms with E-state index in [0.29, 0.717) is 11.3 Å². The number of hydrogen-bond donors (Lipinski definition) is 2. The van der Waals surface area contributed by atoms with Crippen molar-refractivity contribution in [2.24, 2.45) is 0 Å². The fourth-order valence-corrected chi connectivity index (χ4v) is 2.01. The number of nitrogens with one attached hydrogen (secondary N) is 2. The second kappa shape index (κ2) is 8.03. The molecule has 0 aromatic heterocycles. The second-order valence-electron chi connectivity index (χ2n) is 5.56. The summed E-state index contributed by atoms with van der Waals surface area (Å²) in [7, 11) is 0. The van der Waals surface area contributed by atoms with Gasteiger partial charge in [0, 0.05) is 6.54 Å². The number of carbonyl (C=O) groups is 1. The predicted octanol–water partition coefficient (Wildman–Crippen LogP) is 4.49. The van der Waals surface area contributed by atoms with Gasteiger partial charge in [-0.3, -0.25) is 0 Å². The Morgan fingerprint density at radius 3 is 1.92 bits per heavy atom. The number of halogens is 5. The van der Waals surface area contributed by atoms with E-state index in [4.69, 9.17) is 4.74 Å². The number of carbonyl (C=O) groups excluding carboxylic acids is 1. The Morgan fingerprint density at radius 1 is 0.923 bits per heavy atom. The van der Waals surface area contributed by atoms with E-state index in [1.165, 1.54) is 0 Å². The maximum atomic E-state index is 13.5. The molecule has 140 valence electrons. The molecule has 0 unspecified atom stereocenters. The quantitative estimate of drug-likeness (QED) is 0.460. The Balaban J connectivity index is 2.02. The third-order valence-electron chi connectivity index (χ3n) is 3.20. The van der Waals surface area contributed by atoms with Gasteiger partial charge in [-0.15, -0.1) is 0 Å². The molecule has 0 saturated carbocycles. The van der Waals surface area contributed by atoms with Crippen molar-refractivity contribution < 1.29 is 31.5 Å². The summed E-state index contributed by atoms with van der Waals surface area (Å²) in [6, 6.07) is 5.50.